The van der Waals surface area contributed by atoms with Gasteiger partial charge < -0.3 is 24.7 Å². The first-order valence-electron chi connectivity index (χ1n) is 9.57. The summed E-state index contributed by atoms with van der Waals surface area (Å²) in [6.07, 6.45) is 0.841. The van der Waals surface area contributed by atoms with Gasteiger partial charge in [-0.1, -0.05) is 35.9 Å². The number of fused-ring (bicyclic) bond motifs is 1. The summed E-state index contributed by atoms with van der Waals surface area (Å²) >= 11 is 5.96. The number of ether oxygens (including phenoxy) is 1. The Hall–Kier alpha value is -3.10. The van der Waals surface area contributed by atoms with Crippen LogP contribution in [0.25, 0.3) is 0 Å². The molecule has 0 aromatic heterocycles. The molecule has 1 unspecified atom stereocenters. The lowest BCUT2D eigenvalue weighted by Gasteiger charge is -2.25. The van der Waals surface area contributed by atoms with Crippen molar-refractivity contribution in [1.82, 2.24) is 9.80 Å². The van der Waals surface area contributed by atoms with Gasteiger partial charge in [0.25, 0.3) is 5.91 Å². The SMILES string of the molecule is CN(C)CCC1CN(Cc2ccc(Cl)cc2)C(=O)c2ccccc2O1.O=C(O)C(=O)O. The highest BCUT2D eigenvalue weighted by Gasteiger charge is 2.28. The number of carbonyl (C=O) groups is 3. The molecule has 1 heterocycles. The van der Waals surface area contributed by atoms with Crippen LogP contribution in [0.2, 0.25) is 5.02 Å². The van der Waals surface area contributed by atoms with Crippen molar-refractivity contribution >= 4 is 29.4 Å². The lowest BCUT2D eigenvalue weighted by molar-refractivity contribution is -0.159. The van der Waals surface area contributed by atoms with Gasteiger partial charge in [0.1, 0.15) is 11.9 Å². The summed E-state index contributed by atoms with van der Waals surface area (Å²) in [6, 6.07) is 15.1. The number of rotatable bonds is 5. The van der Waals surface area contributed by atoms with Crippen molar-refractivity contribution in [2.24, 2.45) is 0 Å². The molecule has 0 aliphatic carbocycles. The van der Waals surface area contributed by atoms with Crippen molar-refractivity contribution in [3.63, 3.8) is 0 Å². The number of benzene rings is 2. The Bertz CT molecular complexity index is 904. The van der Waals surface area contributed by atoms with E-state index in [0.717, 1.165) is 18.5 Å². The number of aliphatic carboxylic acids is 2. The first-order valence-corrected chi connectivity index (χ1v) is 9.95. The summed E-state index contributed by atoms with van der Waals surface area (Å²) in [5, 5.41) is 15.5. The van der Waals surface area contributed by atoms with Crippen LogP contribution in [0.1, 0.15) is 22.3 Å². The number of nitrogens with zero attached hydrogens (tertiary/aromatic N) is 2. The highest BCUT2D eigenvalue weighted by Crippen LogP contribution is 2.27. The van der Waals surface area contributed by atoms with Crippen LogP contribution in [0, 0.1) is 0 Å². The summed E-state index contributed by atoms with van der Waals surface area (Å²) in [4.78, 5) is 35.2. The van der Waals surface area contributed by atoms with Crippen molar-refractivity contribution in [1.29, 1.82) is 0 Å². The maximum absolute atomic E-state index is 13.0. The van der Waals surface area contributed by atoms with E-state index in [-0.39, 0.29) is 12.0 Å². The molecule has 0 fully saturated rings. The summed E-state index contributed by atoms with van der Waals surface area (Å²) in [5.74, 6) is -2.96. The smallest absolute Gasteiger partial charge is 0.414 e. The molecule has 2 N–H and O–H groups in total. The molecule has 0 radical (unpaired) electrons. The molecule has 0 bridgehead atoms. The van der Waals surface area contributed by atoms with E-state index in [0.29, 0.717) is 29.4 Å². The van der Waals surface area contributed by atoms with E-state index in [1.54, 1.807) is 0 Å². The zero-order valence-corrected chi connectivity index (χ0v) is 18.1. The lowest BCUT2D eigenvalue weighted by atomic mass is 10.1. The zero-order chi connectivity index (χ0) is 23.0. The van der Waals surface area contributed by atoms with Crippen molar-refractivity contribution in [2.75, 3.05) is 27.2 Å². The third kappa shape index (κ3) is 7.58. The molecule has 2 aromatic rings. The summed E-state index contributed by atoms with van der Waals surface area (Å²) < 4.78 is 6.15. The number of para-hydroxylation sites is 1. The molecular weight excluding hydrogens is 424 g/mol. The molecule has 2 aromatic carbocycles. The van der Waals surface area contributed by atoms with E-state index < -0.39 is 11.9 Å². The standard InChI is InChI=1S/C20H23ClN2O2.C2H2O4/c1-22(2)12-11-17-14-23(13-15-7-9-16(21)10-8-15)20(24)18-5-3-4-6-19(18)25-17;3-1(4)2(5)6/h3-10,17H,11-14H2,1-2H3;(H,3,4)(H,5,6). The number of carboxylic acid groups (broad SMARTS) is 2. The minimum absolute atomic E-state index is 0.0119. The van der Waals surface area contributed by atoms with Crippen LogP contribution in [0.3, 0.4) is 0 Å². The number of amides is 1. The Balaban J connectivity index is 0.000000501. The van der Waals surface area contributed by atoms with Crippen molar-refractivity contribution < 1.29 is 29.3 Å². The van der Waals surface area contributed by atoms with Gasteiger partial charge in [-0.25, -0.2) is 9.59 Å². The molecule has 8 nitrogen and oxygen atoms in total. The maximum Gasteiger partial charge on any atom is 0.414 e. The van der Waals surface area contributed by atoms with Crippen LogP contribution in [-0.2, 0) is 16.1 Å². The van der Waals surface area contributed by atoms with Crippen LogP contribution in [0.15, 0.2) is 48.5 Å². The Morgan fingerprint density at radius 1 is 1.10 bits per heavy atom. The number of carboxylic acids is 2. The molecule has 31 heavy (non-hydrogen) atoms. The number of hydrogen-bond donors (Lipinski definition) is 2. The number of hydrogen-bond acceptors (Lipinski definition) is 5. The van der Waals surface area contributed by atoms with E-state index in [1.807, 2.05) is 67.5 Å². The van der Waals surface area contributed by atoms with E-state index in [2.05, 4.69) is 4.90 Å². The van der Waals surface area contributed by atoms with Gasteiger partial charge in [0.2, 0.25) is 0 Å². The normalized spacial score (nSPS) is 15.3. The fourth-order valence-corrected chi connectivity index (χ4v) is 3.09. The van der Waals surface area contributed by atoms with Crippen molar-refractivity contribution in [3.8, 4) is 5.75 Å². The van der Waals surface area contributed by atoms with Crippen LogP contribution in [0.4, 0.5) is 0 Å². The molecular formula is C22H25ClN2O6. The molecule has 0 saturated carbocycles. The average Bonchev–Trinajstić information content (AvgIpc) is 2.85. The van der Waals surface area contributed by atoms with Gasteiger partial charge in [0.05, 0.1) is 12.1 Å². The number of carbonyl (C=O) groups excluding carboxylic acids is 1. The molecule has 166 valence electrons. The summed E-state index contributed by atoms with van der Waals surface area (Å²) in [7, 11) is 4.09. The van der Waals surface area contributed by atoms with Crippen molar-refractivity contribution in [3.05, 3.63) is 64.7 Å². The van der Waals surface area contributed by atoms with Crippen LogP contribution in [0.5, 0.6) is 5.75 Å². The monoisotopic (exact) mass is 448 g/mol. The fourth-order valence-electron chi connectivity index (χ4n) is 2.96. The van der Waals surface area contributed by atoms with Crippen molar-refractivity contribution in [2.45, 2.75) is 19.1 Å². The first kappa shape index (κ1) is 24.2. The van der Waals surface area contributed by atoms with Gasteiger partial charge in [0, 0.05) is 18.1 Å². The average molecular weight is 449 g/mol. The molecule has 9 heteroatoms. The largest absolute Gasteiger partial charge is 0.488 e. The number of halogens is 1. The molecule has 1 aliphatic rings. The second-order valence-electron chi connectivity index (χ2n) is 7.25. The molecule has 0 spiro atoms. The highest BCUT2D eigenvalue weighted by atomic mass is 35.5. The predicted octanol–water partition coefficient (Wildman–Crippen LogP) is 2.85. The van der Waals surface area contributed by atoms with Crippen LogP contribution < -0.4 is 4.74 Å². The minimum atomic E-state index is -1.82. The Labute approximate surface area is 185 Å². The molecule has 1 aliphatic heterocycles. The van der Waals surface area contributed by atoms with Crippen LogP contribution in [-0.4, -0.2) is 71.1 Å². The highest BCUT2D eigenvalue weighted by molar-refractivity contribution is 6.30. The maximum atomic E-state index is 13.0. The zero-order valence-electron chi connectivity index (χ0n) is 17.3. The Kier molecular flexibility index (Phi) is 8.84. The van der Waals surface area contributed by atoms with Gasteiger partial charge in [-0.3, -0.25) is 4.79 Å². The molecule has 0 saturated heterocycles. The fraction of sp³-hybridized carbons (Fsp3) is 0.318. The third-order valence-electron chi connectivity index (χ3n) is 4.49. The van der Waals surface area contributed by atoms with Gasteiger partial charge >= 0.3 is 11.9 Å². The second kappa shape index (κ2) is 11.3. The molecule has 1 atom stereocenters. The predicted molar refractivity (Wildman–Crippen MR) is 115 cm³/mol. The topological polar surface area (TPSA) is 107 Å². The summed E-state index contributed by atoms with van der Waals surface area (Å²) in [5.41, 5.74) is 1.69. The van der Waals surface area contributed by atoms with Gasteiger partial charge in [-0.05, 0) is 50.3 Å². The lowest BCUT2D eigenvalue weighted by Crippen LogP contribution is -2.37. The minimum Gasteiger partial charge on any atom is -0.488 e. The van der Waals surface area contributed by atoms with Gasteiger partial charge in [-0.2, -0.15) is 0 Å². The van der Waals surface area contributed by atoms with E-state index in [4.69, 9.17) is 36.1 Å². The summed E-state index contributed by atoms with van der Waals surface area (Å²) in [6.45, 7) is 2.03. The second-order valence-corrected chi connectivity index (χ2v) is 7.69. The first-order chi connectivity index (χ1) is 14.7. The van der Waals surface area contributed by atoms with Crippen LogP contribution >= 0.6 is 11.6 Å². The van der Waals surface area contributed by atoms with E-state index in [1.165, 1.54) is 0 Å². The van der Waals surface area contributed by atoms with Gasteiger partial charge in [-0.15, -0.1) is 0 Å². The quantitative estimate of drug-likeness (QED) is 0.677. The Morgan fingerprint density at radius 3 is 2.29 bits per heavy atom. The third-order valence-corrected chi connectivity index (χ3v) is 4.74. The molecule has 3 rings (SSSR count). The Morgan fingerprint density at radius 2 is 1.71 bits per heavy atom. The van der Waals surface area contributed by atoms with E-state index >= 15 is 0 Å². The van der Waals surface area contributed by atoms with E-state index in [9.17, 15) is 4.79 Å². The van der Waals surface area contributed by atoms with Gasteiger partial charge in [0.15, 0.2) is 0 Å². The molecule has 1 amide bonds.